The normalized spacial score (nSPS) is 15.4. The van der Waals surface area contributed by atoms with Crippen molar-refractivity contribution in [3.05, 3.63) is 59.7 Å². The van der Waals surface area contributed by atoms with Crippen LogP contribution in [-0.2, 0) is 26.7 Å². The highest BCUT2D eigenvalue weighted by molar-refractivity contribution is 7.92. The SMILES string of the molecule is CCc1ccc(S(=O)(=O)Nc2ccc(C3(C(=O)NC)CC3)cc2)cc1. The standard InChI is InChI=1S/C19H22N2O3S/c1-3-14-4-10-17(11-5-14)25(23,24)21-16-8-6-15(7-9-16)19(12-13-19)18(22)20-2/h4-11,21H,3,12-13H2,1-2H3,(H,20,22). The Bertz CT molecular complexity index is 868. The predicted molar refractivity (Wildman–Crippen MR) is 98.0 cm³/mol. The van der Waals surface area contributed by atoms with Gasteiger partial charge in [0.15, 0.2) is 0 Å². The topological polar surface area (TPSA) is 75.3 Å². The number of benzene rings is 2. The molecule has 1 aliphatic rings. The van der Waals surface area contributed by atoms with Crippen LogP contribution >= 0.6 is 0 Å². The molecule has 0 spiro atoms. The van der Waals surface area contributed by atoms with Gasteiger partial charge in [0.2, 0.25) is 5.91 Å². The lowest BCUT2D eigenvalue weighted by Crippen LogP contribution is -2.31. The van der Waals surface area contributed by atoms with Crippen molar-refractivity contribution >= 4 is 21.6 Å². The van der Waals surface area contributed by atoms with Gasteiger partial charge >= 0.3 is 0 Å². The fourth-order valence-corrected chi connectivity index (χ4v) is 4.05. The van der Waals surface area contributed by atoms with Crippen LogP contribution in [0, 0.1) is 0 Å². The third-order valence-corrected chi connectivity index (χ3v) is 6.14. The van der Waals surface area contributed by atoms with Gasteiger partial charge in [0.05, 0.1) is 10.3 Å². The molecule has 0 heterocycles. The van der Waals surface area contributed by atoms with E-state index >= 15 is 0 Å². The zero-order valence-corrected chi connectivity index (χ0v) is 15.2. The van der Waals surface area contributed by atoms with Crippen LogP contribution in [0.1, 0.15) is 30.9 Å². The van der Waals surface area contributed by atoms with Crippen molar-refractivity contribution in [3.63, 3.8) is 0 Å². The zero-order valence-electron chi connectivity index (χ0n) is 14.4. The fourth-order valence-electron chi connectivity index (χ4n) is 2.99. The Hall–Kier alpha value is -2.34. The summed E-state index contributed by atoms with van der Waals surface area (Å²) in [7, 11) is -1.99. The maximum atomic E-state index is 12.5. The summed E-state index contributed by atoms with van der Waals surface area (Å²) < 4.78 is 27.5. The summed E-state index contributed by atoms with van der Waals surface area (Å²) >= 11 is 0. The molecule has 0 radical (unpaired) electrons. The smallest absolute Gasteiger partial charge is 0.261 e. The molecule has 0 unspecified atom stereocenters. The summed E-state index contributed by atoms with van der Waals surface area (Å²) in [6, 6.07) is 13.9. The Morgan fingerprint density at radius 3 is 2.12 bits per heavy atom. The highest BCUT2D eigenvalue weighted by Crippen LogP contribution is 2.48. The third kappa shape index (κ3) is 3.39. The number of likely N-dealkylation sites (N-methyl/N-ethyl adjacent to an activating group) is 1. The molecule has 6 heteroatoms. The Morgan fingerprint density at radius 1 is 1.04 bits per heavy atom. The second-order valence-corrected chi connectivity index (χ2v) is 8.02. The number of sulfonamides is 1. The van der Waals surface area contributed by atoms with Gasteiger partial charge in [-0.2, -0.15) is 0 Å². The van der Waals surface area contributed by atoms with Crippen LogP contribution in [0.2, 0.25) is 0 Å². The summed E-state index contributed by atoms with van der Waals surface area (Å²) in [4.78, 5) is 12.3. The van der Waals surface area contributed by atoms with Gasteiger partial charge in [-0.05, 0) is 54.7 Å². The zero-order chi connectivity index (χ0) is 18.1. The van der Waals surface area contributed by atoms with Crippen molar-refractivity contribution in [2.24, 2.45) is 0 Å². The number of hydrogen-bond acceptors (Lipinski definition) is 3. The predicted octanol–water partition coefficient (Wildman–Crippen LogP) is 2.83. The van der Waals surface area contributed by atoms with Crippen LogP contribution in [-0.4, -0.2) is 21.4 Å². The second-order valence-electron chi connectivity index (χ2n) is 6.34. The summed E-state index contributed by atoms with van der Waals surface area (Å²) in [6.07, 6.45) is 2.51. The molecule has 0 bridgehead atoms. The van der Waals surface area contributed by atoms with Gasteiger partial charge in [0, 0.05) is 12.7 Å². The summed E-state index contributed by atoms with van der Waals surface area (Å²) in [5.74, 6) is 0.0110. The average molecular weight is 358 g/mol. The number of anilines is 1. The minimum Gasteiger partial charge on any atom is -0.358 e. The van der Waals surface area contributed by atoms with Crippen LogP contribution in [0.25, 0.3) is 0 Å². The summed E-state index contributed by atoms with van der Waals surface area (Å²) in [5.41, 5.74) is 2.05. The maximum Gasteiger partial charge on any atom is 0.261 e. The molecule has 2 aromatic rings. The Morgan fingerprint density at radius 2 is 1.64 bits per heavy atom. The largest absolute Gasteiger partial charge is 0.358 e. The maximum absolute atomic E-state index is 12.5. The van der Waals surface area contributed by atoms with Crippen molar-refractivity contribution in [1.29, 1.82) is 0 Å². The van der Waals surface area contributed by atoms with Crippen LogP contribution < -0.4 is 10.0 Å². The van der Waals surface area contributed by atoms with E-state index in [0.717, 1.165) is 30.4 Å². The number of carbonyl (C=O) groups is 1. The van der Waals surface area contributed by atoms with Gasteiger partial charge in [-0.3, -0.25) is 9.52 Å². The molecular formula is C19H22N2O3S. The summed E-state index contributed by atoms with van der Waals surface area (Å²) in [5, 5.41) is 2.70. The number of rotatable bonds is 6. The number of nitrogens with one attached hydrogen (secondary N) is 2. The molecule has 0 saturated heterocycles. The van der Waals surface area contributed by atoms with Gasteiger partial charge in [0.1, 0.15) is 0 Å². The van der Waals surface area contributed by atoms with Crippen LogP contribution in [0.4, 0.5) is 5.69 Å². The molecule has 0 aliphatic heterocycles. The van der Waals surface area contributed by atoms with E-state index in [0.29, 0.717) is 5.69 Å². The molecule has 1 saturated carbocycles. The fraction of sp³-hybridized carbons (Fsp3) is 0.316. The van der Waals surface area contributed by atoms with Gasteiger partial charge < -0.3 is 5.32 Å². The van der Waals surface area contributed by atoms with E-state index in [9.17, 15) is 13.2 Å². The minimum atomic E-state index is -3.62. The number of hydrogen-bond donors (Lipinski definition) is 2. The molecule has 132 valence electrons. The van der Waals surface area contributed by atoms with E-state index < -0.39 is 15.4 Å². The number of aryl methyl sites for hydroxylation is 1. The van der Waals surface area contributed by atoms with E-state index in [-0.39, 0.29) is 10.8 Å². The van der Waals surface area contributed by atoms with Crippen molar-refractivity contribution in [3.8, 4) is 0 Å². The molecule has 1 fully saturated rings. The molecule has 0 aromatic heterocycles. The van der Waals surface area contributed by atoms with Crippen molar-refractivity contribution in [2.45, 2.75) is 36.5 Å². The van der Waals surface area contributed by atoms with E-state index in [1.165, 1.54) is 0 Å². The minimum absolute atomic E-state index is 0.0110. The molecular weight excluding hydrogens is 336 g/mol. The molecule has 2 aromatic carbocycles. The van der Waals surface area contributed by atoms with Gasteiger partial charge in [-0.1, -0.05) is 31.2 Å². The second kappa shape index (κ2) is 6.52. The number of amides is 1. The molecule has 1 amide bonds. The molecule has 2 N–H and O–H groups in total. The first kappa shape index (κ1) is 17.5. The van der Waals surface area contributed by atoms with E-state index in [1.54, 1.807) is 31.3 Å². The number of carbonyl (C=O) groups excluding carboxylic acids is 1. The molecule has 1 aliphatic carbocycles. The Kier molecular flexibility index (Phi) is 4.56. The lowest BCUT2D eigenvalue weighted by molar-refractivity contribution is -0.123. The lowest BCUT2D eigenvalue weighted by Gasteiger charge is -2.15. The first-order valence-electron chi connectivity index (χ1n) is 8.36. The van der Waals surface area contributed by atoms with Gasteiger partial charge in [-0.15, -0.1) is 0 Å². The van der Waals surface area contributed by atoms with Crippen LogP contribution in [0.15, 0.2) is 53.4 Å². The van der Waals surface area contributed by atoms with Gasteiger partial charge in [0.25, 0.3) is 10.0 Å². The average Bonchev–Trinajstić information content (AvgIpc) is 3.43. The molecule has 25 heavy (non-hydrogen) atoms. The van der Waals surface area contributed by atoms with Crippen molar-refractivity contribution in [1.82, 2.24) is 5.32 Å². The Labute approximate surface area is 148 Å². The quantitative estimate of drug-likeness (QED) is 0.834. The van der Waals surface area contributed by atoms with E-state index in [2.05, 4.69) is 10.0 Å². The summed E-state index contributed by atoms with van der Waals surface area (Å²) in [6.45, 7) is 2.02. The van der Waals surface area contributed by atoms with E-state index in [4.69, 9.17) is 0 Å². The van der Waals surface area contributed by atoms with Crippen molar-refractivity contribution in [2.75, 3.05) is 11.8 Å². The monoisotopic (exact) mass is 358 g/mol. The van der Waals surface area contributed by atoms with Gasteiger partial charge in [-0.25, -0.2) is 8.42 Å². The lowest BCUT2D eigenvalue weighted by atomic mass is 9.95. The first-order chi connectivity index (χ1) is 11.9. The molecule has 3 rings (SSSR count). The highest BCUT2D eigenvalue weighted by Gasteiger charge is 2.50. The third-order valence-electron chi connectivity index (χ3n) is 4.74. The first-order valence-corrected chi connectivity index (χ1v) is 9.84. The highest BCUT2D eigenvalue weighted by atomic mass is 32.2. The van der Waals surface area contributed by atoms with E-state index in [1.807, 2.05) is 31.2 Å². The van der Waals surface area contributed by atoms with Crippen LogP contribution in [0.3, 0.4) is 0 Å². The Balaban J connectivity index is 1.78. The van der Waals surface area contributed by atoms with Crippen molar-refractivity contribution < 1.29 is 13.2 Å². The molecule has 5 nitrogen and oxygen atoms in total. The van der Waals surface area contributed by atoms with Crippen LogP contribution in [0.5, 0.6) is 0 Å². The molecule has 0 atom stereocenters.